The van der Waals surface area contributed by atoms with Crippen LogP contribution in [0.25, 0.3) is 0 Å². The van der Waals surface area contributed by atoms with Gasteiger partial charge in [0.2, 0.25) is 5.91 Å². The summed E-state index contributed by atoms with van der Waals surface area (Å²) in [6.07, 6.45) is 0. The summed E-state index contributed by atoms with van der Waals surface area (Å²) in [6, 6.07) is 8.42. The lowest BCUT2D eigenvalue weighted by Crippen LogP contribution is -2.46. The van der Waals surface area contributed by atoms with Crippen molar-refractivity contribution in [3.8, 4) is 0 Å². The maximum Gasteiger partial charge on any atom is 0.262 e. The molecule has 116 valence electrons. The molecule has 0 aliphatic heterocycles. The molecule has 0 aliphatic carbocycles. The molecular formula is C16H17FN2O2S. The van der Waals surface area contributed by atoms with Crippen molar-refractivity contribution in [2.24, 2.45) is 5.92 Å². The predicted octanol–water partition coefficient (Wildman–Crippen LogP) is 3.28. The molecule has 1 aromatic heterocycles. The van der Waals surface area contributed by atoms with E-state index in [0.29, 0.717) is 10.6 Å². The molecule has 0 saturated heterocycles. The molecular weight excluding hydrogens is 303 g/mol. The van der Waals surface area contributed by atoms with Gasteiger partial charge in [0.25, 0.3) is 5.91 Å². The smallest absolute Gasteiger partial charge is 0.262 e. The van der Waals surface area contributed by atoms with E-state index < -0.39 is 11.9 Å². The van der Waals surface area contributed by atoms with Gasteiger partial charge in [0.05, 0.1) is 4.88 Å². The molecule has 0 fully saturated rings. The van der Waals surface area contributed by atoms with Crippen molar-refractivity contribution in [3.63, 3.8) is 0 Å². The fraction of sp³-hybridized carbons (Fsp3) is 0.250. The molecule has 0 spiro atoms. The van der Waals surface area contributed by atoms with E-state index in [1.165, 1.54) is 29.5 Å². The Balaban J connectivity index is 2.07. The maximum absolute atomic E-state index is 13.2. The van der Waals surface area contributed by atoms with E-state index in [9.17, 15) is 14.0 Å². The van der Waals surface area contributed by atoms with Gasteiger partial charge < -0.3 is 10.6 Å². The van der Waals surface area contributed by atoms with Crippen molar-refractivity contribution in [3.05, 3.63) is 52.5 Å². The summed E-state index contributed by atoms with van der Waals surface area (Å²) in [7, 11) is 0. The van der Waals surface area contributed by atoms with Crippen molar-refractivity contribution >= 4 is 28.8 Å². The molecule has 2 rings (SSSR count). The second kappa shape index (κ2) is 7.17. The van der Waals surface area contributed by atoms with E-state index in [0.717, 1.165) is 0 Å². The topological polar surface area (TPSA) is 58.2 Å². The largest absolute Gasteiger partial charge is 0.339 e. The average Bonchev–Trinajstić information content (AvgIpc) is 2.98. The summed E-state index contributed by atoms with van der Waals surface area (Å²) in [4.78, 5) is 25.0. The second-order valence-electron chi connectivity index (χ2n) is 5.17. The zero-order valence-corrected chi connectivity index (χ0v) is 13.1. The molecule has 0 unspecified atom stereocenters. The van der Waals surface area contributed by atoms with Gasteiger partial charge in [-0.05, 0) is 35.6 Å². The third kappa shape index (κ3) is 4.14. The number of rotatable bonds is 5. The van der Waals surface area contributed by atoms with Crippen LogP contribution in [-0.4, -0.2) is 17.9 Å². The Bertz CT molecular complexity index is 656. The predicted molar refractivity (Wildman–Crippen MR) is 85.4 cm³/mol. The first-order chi connectivity index (χ1) is 10.5. The lowest BCUT2D eigenvalue weighted by atomic mass is 10.0. The summed E-state index contributed by atoms with van der Waals surface area (Å²) in [6.45, 7) is 3.68. The maximum atomic E-state index is 13.2. The monoisotopic (exact) mass is 320 g/mol. The highest BCUT2D eigenvalue weighted by Crippen LogP contribution is 2.13. The Hall–Kier alpha value is -2.21. The summed E-state index contributed by atoms with van der Waals surface area (Å²) in [5.41, 5.74) is 0.362. The van der Waals surface area contributed by atoms with Crippen LogP contribution in [0.4, 0.5) is 10.1 Å². The number of benzene rings is 1. The Labute approximate surface area is 132 Å². The minimum Gasteiger partial charge on any atom is -0.339 e. The van der Waals surface area contributed by atoms with E-state index in [1.54, 1.807) is 23.6 Å². The normalized spacial score (nSPS) is 12.0. The van der Waals surface area contributed by atoms with Crippen molar-refractivity contribution < 1.29 is 14.0 Å². The Morgan fingerprint density at radius 3 is 2.55 bits per heavy atom. The van der Waals surface area contributed by atoms with Crippen LogP contribution in [0.5, 0.6) is 0 Å². The van der Waals surface area contributed by atoms with E-state index in [1.807, 2.05) is 13.8 Å². The number of carbonyl (C=O) groups excluding carboxylic acids is 2. The van der Waals surface area contributed by atoms with Crippen LogP contribution in [-0.2, 0) is 4.79 Å². The van der Waals surface area contributed by atoms with Crippen molar-refractivity contribution in [2.75, 3.05) is 5.32 Å². The molecule has 1 aromatic carbocycles. The standard InChI is InChI=1S/C16H17FN2O2S/c1-10(2)14(19-15(20)13-7-4-8-22-13)16(21)18-12-6-3-5-11(17)9-12/h3-10,14H,1-2H3,(H,18,21)(H,19,20)/t14-/m1/s1. The third-order valence-electron chi connectivity index (χ3n) is 3.07. The Morgan fingerprint density at radius 1 is 1.18 bits per heavy atom. The number of anilines is 1. The Kier molecular flexibility index (Phi) is 5.27. The van der Waals surface area contributed by atoms with Crippen LogP contribution in [0.15, 0.2) is 41.8 Å². The van der Waals surface area contributed by atoms with Crippen molar-refractivity contribution in [2.45, 2.75) is 19.9 Å². The first-order valence-electron chi connectivity index (χ1n) is 6.88. The fourth-order valence-corrected chi connectivity index (χ4v) is 2.57. The van der Waals surface area contributed by atoms with Crippen LogP contribution in [0.1, 0.15) is 23.5 Å². The summed E-state index contributed by atoms with van der Waals surface area (Å²) in [5.74, 6) is -1.19. The first-order valence-corrected chi connectivity index (χ1v) is 7.76. The number of carbonyl (C=O) groups is 2. The lowest BCUT2D eigenvalue weighted by Gasteiger charge is -2.21. The van der Waals surface area contributed by atoms with Crippen LogP contribution < -0.4 is 10.6 Å². The molecule has 2 aromatic rings. The minimum atomic E-state index is -0.696. The van der Waals surface area contributed by atoms with Gasteiger partial charge in [0.15, 0.2) is 0 Å². The van der Waals surface area contributed by atoms with E-state index >= 15 is 0 Å². The van der Waals surface area contributed by atoms with Crippen LogP contribution in [0.2, 0.25) is 0 Å². The highest BCUT2D eigenvalue weighted by molar-refractivity contribution is 7.12. The van der Waals surface area contributed by atoms with Crippen molar-refractivity contribution in [1.29, 1.82) is 0 Å². The van der Waals surface area contributed by atoms with Gasteiger partial charge in [-0.2, -0.15) is 0 Å². The zero-order valence-electron chi connectivity index (χ0n) is 12.3. The van der Waals surface area contributed by atoms with Gasteiger partial charge in [0.1, 0.15) is 11.9 Å². The number of hydrogen-bond acceptors (Lipinski definition) is 3. The quantitative estimate of drug-likeness (QED) is 0.888. The highest BCUT2D eigenvalue weighted by atomic mass is 32.1. The van der Waals surface area contributed by atoms with Gasteiger partial charge in [-0.3, -0.25) is 9.59 Å². The van der Waals surface area contributed by atoms with Gasteiger partial charge in [0, 0.05) is 5.69 Å². The van der Waals surface area contributed by atoms with Crippen LogP contribution in [0.3, 0.4) is 0 Å². The van der Waals surface area contributed by atoms with Gasteiger partial charge >= 0.3 is 0 Å². The molecule has 1 heterocycles. The van der Waals surface area contributed by atoms with Crippen molar-refractivity contribution in [1.82, 2.24) is 5.32 Å². The van der Waals surface area contributed by atoms with Gasteiger partial charge in [-0.15, -0.1) is 11.3 Å². The molecule has 1 atom stereocenters. The molecule has 0 saturated carbocycles. The van der Waals surface area contributed by atoms with Gasteiger partial charge in [-0.1, -0.05) is 26.0 Å². The van der Waals surface area contributed by atoms with E-state index in [4.69, 9.17) is 0 Å². The van der Waals surface area contributed by atoms with E-state index in [2.05, 4.69) is 10.6 Å². The van der Waals surface area contributed by atoms with Crippen LogP contribution >= 0.6 is 11.3 Å². The Morgan fingerprint density at radius 2 is 1.95 bits per heavy atom. The molecule has 4 nitrogen and oxygen atoms in total. The van der Waals surface area contributed by atoms with Crippen LogP contribution in [0, 0.1) is 11.7 Å². The first kappa shape index (κ1) is 16.2. The number of thiophene rings is 1. The molecule has 2 N–H and O–H groups in total. The SMILES string of the molecule is CC(C)[C@@H](NC(=O)c1cccs1)C(=O)Nc1cccc(F)c1. The zero-order chi connectivity index (χ0) is 16.1. The number of halogens is 1. The fourth-order valence-electron chi connectivity index (χ4n) is 1.94. The number of nitrogens with one attached hydrogen (secondary N) is 2. The number of hydrogen-bond donors (Lipinski definition) is 2. The lowest BCUT2D eigenvalue weighted by molar-refractivity contribution is -0.118. The highest BCUT2D eigenvalue weighted by Gasteiger charge is 2.25. The molecule has 6 heteroatoms. The van der Waals surface area contributed by atoms with E-state index in [-0.39, 0.29) is 17.7 Å². The number of amides is 2. The third-order valence-corrected chi connectivity index (χ3v) is 3.94. The molecule has 2 amide bonds. The van der Waals surface area contributed by atoms with Gasteiger partial charge in [-0.25, -0.2) is 4.39 Å². The summed E-state index contributed by atoms with van der Waals surface area (Å²) < 4.78 is 13.2. The molecule has 0 bridgehead atoms. The summed E-state index contributed by atoms with van der Waals surface area (Å²) in [5, 5.41) is 7.14. The summed E-state index contributed by atoms with van der Waals surface area (Å²) >= 11 is 1.31. The molecule has 0 aliphatic rings. The molecule has 0 radical (unpaired) electrons. The second-order valence-corrected chi connectivity index (χ2v) is 6.12. The molecule has 22 heavy (non-hydrogen) atoms. The average molecular weight is 320 g/mol. The minimum absolute atomic E-state index is 0.0996.